The van der Waals surface area contributed by atoms with Crippen LogP contribution >= 0.6 is 11.6 Å². The third-order valence-electron chi connectivity index (χ3n) is 3.69. The number of pyridine rings is 1. The second-order valence-electron chi connectivity index (χ2n) is 5.57. The van der Waals surface area contributed by atoms with Gasteiger partial charge in [0.1, 0.15) is 23.0 Å². The number of benzene rings is 1. The number of nitrogens with one attached hydrogen (secondary N) is 2. The molecule has 3 rings (SSSR count). The third kappa shape index (κ3) is 4.18. The number of nitrogens with zero attached hydrogens (tertiary/aromatic N) is 3. The van der Waals surface area contributed by atoms with Crippen LogP contribution in [0.2, 0.25) is 5.02 Å². The third-order valence-corrected chi connectivity index (χ3v) is 4.06. The Labute approximate surface area is 159 Å². The Kier molecular flexibility index (Phi) is 5.28. The van der Waals surface area contributed by atoms with E-state index >= 15 is 0 Å². The normalized spacial score (nSPS) is 10.3. The molecule has 0 spiro atoms. The zero-order valence-electron chi connectivity index (χ0n) is 14.2. The van der Waals surface area contributed by atoms with E-state index in [0.29, 0.717) is 17.1 Å². The number of carbonyl (C=O) groups excluding carboxylic acids is 2. The predicted octanol–water partition coefficient (Wildman–Crippen LogP) is 2.92. The van der Waals surface area contributed by atoms with Crippen LogP contribution in [0.5, 0.6) is 0 Å². The van der Waals surface area contributed by atoms with E-state index in [9.17, 15) is 9.59 Å². The topological polar surface area (TPSA) is 123 Å². The Balaban J connectivity index is 1.82. The Morgan fingerprint density at radius 3 is 2.59 bits per heavy atom. The predicted molar refractivity (Wildman–Crippen MR) is 103 cm³/mol. The number of amides is 2. The van der Waals surface area contributed by atoms with Gasteiger partial charge in [-0.2, -0.15) is 0 Å². The highest BCUT2D eigenvalue weighted by molar-refractivity contribution is 6.36. The number of nitrogens with two attached hydrogens (primary N) is 1. The fourth-order valence-corrected chi connectivity index (χ4v) is 2.43. The smallest absolute Gasteiger partial charge is 0.276 e. The van der Waals surface area contributed by atoms with Crippen molar-refractivity contribution in [1.29, 1.82) is 0 Å². The summed E-state index contributed by atoms with van der Waals surface area (Å²) in [6, 6.07) is 10.1. The van der Waals surface area contributed by atoms with Crippen molar-refractivity contribution in [2.24, 2.45) is 0 Å². The van der Waals surface area contributed by atoms with Gasteiger partial charge in [0.2, 0.25) is 0 Å². The molecule has 9 heteroatoms. The van der Waals surface area contributed by atoms with Crippen LogP contribution in [0, 0.1) is 6.92 Å². The van der Waals surface area contributed by atoms with Gasteiger partial charge in [-0.1, -0.05) is 23.7 Å². The number of carbonyl (C=O) groups is 2. The van der Waals surface area contributed by atoms with E-state index in [0.717, 1.165) is 11.9 Å². The number of aryl methyl sites for hydroxylation is 1. The maximum absolute atomic E-state index is 12.5. The van der Waals surface area contributed by atoms with Crippen molar-refractivity contribution in [3.05, 3.63) is 70.8 Å². The molecule has 0 saturated heterocycles. The van der Waals surface area contributed by atoms with E-state index in [1.807, 2.05) is 0 Å². The molecule has 0 bridgehead atoms. The minimum atomic E-state index is -0.556. The largest absolute Gasteiger partial charge is 0.382 e. The highest BCUT2D eigenvalue weighted by Crippen LogP contribution is 2.22. The van der Waals surface area contributed by atoms with Crippen molar-refractivity contribution in [2.75, 3.05) is 16.4 Å². The van der Waals surface area contributed by atoms with Gasteiger partial charge in [0, 0.05) is 17.4 Å². The quantitative estimate of drug-likeness (QED) is 0.637. The lowest BCUT2D eigenvalue weighted by molar-refractivity contribution is 0.101. The zero-order chi connectivity index (χ0) is 19.4. The molecule has 0 unspecified atom stereocenters. The lowest BCUT2D eigenvalue weighted by Gasteiger charge is -2.11. The van der Waals surface area contributed by atoms with Gasteiger partial charge in [0.15, 0.2) is 5.69 Å². The van der Waals surface area contributed by atoms with Gasteiger partial charge in [-0.15, -0.1) is 0 Å². The number of hydrogen-bond acceptors (Lipinski definition) is 6. The highest BCUT2D eigenvalue weighted by atomic mass is 35.5. The molecule has 0 radical (unpaired) electrons. The Hall–Kier alpha value is -3.52. The summed E-state index contributed by atoms with van der Waals surface area (Å²) < 4.78 is 0. The first-order valence-corrected chi connectivity index (χ1v) is 8.24. The number of aromatic nitrogens is 3. The Morgan fingerprint density at radius 1 is 1.04 bits per heavy atom. The molecule has 0 aliphatic heterocycles. The summed E-state index contributed by atoms with van der Waals surface area (Å²) in [5.74, 6) is -0.470. The summed E-state index contributed by atoms with van der Waals surface area (Å²) in [6.45, 7) is 1.80. The van der Waals surface area contributed by atoms with Gasteiger partial charge in [-0.3, -0.25) is 9.59 Å². The van der Waals surface area contributed by atoms with Gasteiger partial charge in [-0.25, -0.2) is 15.0 Å². The van der Waals surface area contributed by atoms with Crippen LogP contribution in [-0.4, -0.2) is 26.8 Å². The molecule has 8 nitrogen and oxygen atoms in total. The van der Waals surface area contributed by atoms with Gasteiger partial charge >= 0.3 is 0 Å². The monoisotopic (exact) mass is 382 g/mol. The highest BCUT2D eigenvalue weighted by Gasteiger charge is 2.17. The fraction of sp³-hybridized carbons (Fsp3) is 0.0556. The van der Waals surface area contributed by atoms with Crippen molar-refractivity contribution in [3.8, 4) is 0 Å². The molecule has 0 aliphatic rings. The number of rotatable bonds is 4. The molecular formula is C18H15ClN6O2. The summed E-state index contributed by atoms with van der Waals surface area (Å²) in [6.07, 6.45) is 2.73. The second-order valence-corrected chi connectivity index (χ2v) is 5.95. The van der Waals surface area contributed by atoms with Crippen LogP contribution in [0.4, 0.5) is 17.3 Å². The summed E-state index contributed by atoms with van der Waals surface area (Å²) in [4.78, 5) is 36.5. The first-order chi connectivity index (χ1) is 13.0. The second kappa shape index (κ2) is 7.79. The van der Waals surface area contributed by atoms with Crippen molar-refractivity contribution in [3.63, 3.8) is 0 Å². The number of nitrogen functional groups attached to an aromatic ring is 1. The molecule has 0 fully saturated rings. The molecule has 4 N–H and O–H groups in total. The summed E-state index contributed by atoms with van der Waals surface area (Å²) >= 11 is 5.98. The molecule has 1 aromatic carbocycles. The lowest BCUT2D eigenvalue weighted by Crippen LogP contribution is -2.17. The Bertz CT molecular complexity index is 1010. The fourth-order valence-electron chi connectivity index (χ4n) is 2.25. The molecule has 2 heterocycles. The van der Waals surface area contributed by atoms with Gasteiger partial charge in [0.25, 0.3) is 11.8 Å². The molecule has 136 valence electrons. The van der Waals surface area contributed by atoms with Crippen molar-refractivity contribution in [2.45, 2.75) is 6.92 Å². The summed E-state index contributed by atoms with van der Waals surface area (Å²) in [5.41, 5.74) is 7.11. The molecule has 0 aliphatic carbocycles. The van der Waals surface area contributed by atoms with E-state index in [-0.39, 0.29) is 22.4 Å². The van der Waals surface area contributed by atoms with Gasteiger partial charge in [-0.05, 0) is 36.8 Å². The maximum atomic E-state index is 12.5. The maximum Gasteiger partial charge on any atom is 0.276 e. The average molecular weight is 383 g/mol. The van der Waals surface area contributed by atoms with Crippen LogP contribution < -0.4 is 16.4 Å². The van der Waals surface area contributed by atoms with Crippen LogP contribution in [0.3, 0.4) is 0 Å². The number of anilines is 3. The van der Waals surface area contributed by atoms with E-state index < -0.39 is 5.91 Å². The summed E-state index contributed by atoms with van der Waals surface area (Å²) in [7, 11) is 0. The van der Waals surface area contributed by atoms with Crippen LogP contribution in [-0.2, 0) is 0 Å². The molecule has 2 amide bonds. The SMILES string of the molecule is Cc1ccc(C(=O)Nc2ccccn2)cc1NC(=O)c1ncnc(N)c1Cl. The summed E-state index contributed by atoms with van der Waals surface area (Å²) in [5, 5.41) is 5.34. The van der Waals surface area contributed by atoms with E-state index in [1.54, 1.807) is 49.5 Å². The number of halogens is 1. The van der Waals surface area contributed by atoms with Gasteiger partial charge in [0.05, 0.1) is 0 Å². The molecule has 0 atom stereocenters. The van der Waals surface area contributed by atoms with E-state index in [4.69, 9.17) is 17.3 Å². The molecule has 2 aromatic heterocycles. The zero-order valence-corrected chi connectivity index (χ0v) is 15.0. The van der Waals surface area contributed by atoms with E-state index in [2.05, 4.69) is 25.6 Å². The molecular weight excluding hydrogens is 368 g/mol. The van der Waals surface area contributed by atoms with Gasteiger partial charge < -0.3 is 16.4 Å². The minimum absolute atomic E-state index is 0.0111. The van der Waals surface area contributed by atoms with Crippen molar-refractivity contribution < 1.29 is 9.59 Å². The lowest BCUT2D eigenvalue weighted by atomic mass is 10.1. The molecule has 0 saturated carbocycles. The average Bonchev–Trinajstić information content (AvgIpc) is 2.66. The van der Waals surface area contributed by atoms with Crippen LogP contribution in [0.1, 0.15) is 26.4 Å². The van der Waals surface area contributed by atoms with E-state index in [1.165, 1.54) is 0 Å². The van der Waals surface area contributed by atoms with Crippen LogP contribution in [0.15, 0.2) is 48.9 Å². The molecule has 27 heavy (non-hydrogen) atoms. The van der Waals surface area contributed by atoms with Crippen LogP contribution in [0.25, 0.3) is 0 Å². The Morgan fingerprint density at radius 2 is 1.85 bits per heavy atom. The standard InChI is InChI=1S/C18H15ClN6O2/c1-10-5-6-11(17(26)25-13-4-2-3-7-21-13)8-12(10)24-18(27)15-14(19)16(20)23-9-22-15/h2-9H,1H3,(H,24,27)(H2,20,22,23)(H,21,25,26). The first kappa shape index (κ1) is 18.3. The minimum Gasteiger partial charge on any atom is -0.382 e. The first-order valence-electron chi connectivity index (χ1n) is 7.86. The van der Waals surface area contributed by atoms with Crippen molar-refractivity contribution >= 4 is 40.7 Å². The molecule has 3 aromatic rings. The van der Waals surface area contributed by atoms with Crippen molar-refractivity contribution in [1.82, 2.24) is 15.0 Å². The number of hydrogen-bond donors (Lipinski definition) is 3.